The predicted molar refractivity (Wildman–Crippen MR) is 153 cm³/mol. The highest BCUT2D eigenvalue weighted by atomic mass is 16.8. The lowest BCUT2D eigenvalue weighted by atomic mass is 9.91. The fraction of sp³-hybridized carbons (Fsp3) is 0.633. The molecule has 0 radical (unpaired) electrons. The maximum Gasteiger partial charge on any atom is 0.224 e. The number of nitrogens with zero attached hydrogens (tertiary/aromatic N) is 3. The maximum atomic E-state index is 10.1. The quantitative estimate of drug-likeness (QED) is 0.348. The first-order valence-corrected chi connectivity index (χ1v) is 13.9. The second-order valence-corrected chi connectivity index (χ2v) is 13.8. The Morgan fingerprint density at radius 3 is 2.51 bits per heavy atom. The lowest BCUT2D eigenvalue weighted by Crippen LogP contribution is -2.46. The van der Waals surface area contributed by atoms with E-state index in [4.69, 9.17) is 23.9 Å². The van der Waals surface area contributed by atoms with Crippen LogP contribution >= 0.6 is 0 Å². The molecule has 39 heavy (non-hydrogen) atoms. The number of aliphatic hydroxyl groups is 1. The molecule has 3 unspecified atom stereocenters. The number of fused-ring (bicyclic) bond motifs is 2. The first-order chi connectivity index (χ1) is 18.1. The van der Waals surface area contributed by atoms with Gasteiger partial charge in [0.1, 0.15) is 17.7 Å². The number of nitrogens with one attached hydrogen (secondary N) is 2. The van der Waals surface area contributed by atoms with Gasteiger partial charge in [-0.1, -0.05) is 41.5 Å². The average Bonchev–Trinajstić information content (AvgIpc) is 3.44. The maximum absolute atomic E-state index is 10.1. The summed E-state index contributed by atoms with van der Waals surface area (Å²) in [6.45, 7) is 19.5. The number of hydrogen-bond donors (Lipinski definition) is 3. The highest BCUT2D eigenvalue weighted by Gasteiger charge is 2.60. The Kier molecular flexibility index (Phi) is 6.72. The highest BCUT2D eigenvalue weighted by Crippen LogP contribution is 2.50. The molecule has 1 saturated heterocycles. The summed E-state index contributed by atoms with van der Waals surface area (Å²) in [5.41, 5.74) is 2.38. The Morgan fingerprint density at radius 1 is 1.10 bits per heavy atom. The highest BCUT2D eigenvalue weighted by molar-refractivity contribution is 5.86. The monoisotopic (exact) mass is 537 g/mol. The zero-order valence-corrected chi connectivity index (χ0v) is 24.7. The average molecular weight is 538 g/mol. The van der Waals surface area contributed by atoms with E-state index in [0.29, 0.717) is 36.1 Å². The molecule has 3 aromatic rings. The Morgan fingerprint density at radius 2 is 1.85 bits per heavy atom. The number of pyridine rings is 1. The van der Waals surface area contributed by atoms with Crippen LogP contribution in [0.15, 0.2) is 22.7 Å². The zero-order valence-electron chi connectivity index (χ0n) is 24.7. The third-order valence-corrected chi connectivity index (χ3v) is 7.46. The van der Waals surface area contributed by atoms with E-state index in [-0.39, 0.29) is 29.5 Å². The Hall–Kier alpha value is -2.75. The molecule has 3 aromatic heterocycles. The molecule has 1 aliphatic carbocycles. The van der Waals surface area contributed by atoms with Gasteiger partial charge in [0.25, 0.3) is 0 Å². The number of ether oxygens (including phenoxy) is 2. The van der Waals surface area contributed by atoms with Crippen molar-refractivity contribution in [2.45, 2.75) is 98.2 Å². The summed E-state index contributed by atoms with van der Waals surface area (Å²) in [5, 5.41) is 18.1. The first kappa shape index (κ1) is 27.8. The van der Waals surface area contributed by atoms with E-state index in [1.807, 2.05) is 26.8 Å². The number of aromatic nitrogens is 3. The number of anilines is 2. The molecule has 4 heterocycles. The van der Waals surface area contributed by atoms with Crippen LogP contribution < -0.4 is 10.6 Å². The van der Waals surface area contributed by atoms with E-state index in [1.165, 1.54) is 0 Å². The van der Waals surface area contributed by atoms with Gasteiger partial charge < -0.3 is 29.6 Å². The van der Waals surface area contributed by atoms with Gasteiger partial charge in [-0.25, -0.2) is 4.98 Å². The van der Waals surface area contributed by atoms with Crippen molar-refractivity contribution in [1.82, 2.24) is 15.0 Å². The van der Waals surface area contributed by atoms with Crippen LogP contribution in [-0.4, -0.2) is 50.8 Å². The molecular formula is C30H43N5O4. The van der Waals surface area contributed by atoms with Crippen LogP contribution in [0.5, 0.6) is 0 Å². The van der Waals surface area contributed by atoms with Gasteiger partial charge in [0.2, 0.25) is 5.95 Å². The van der Waals surface area contributed by atoms with Gasteiger partial charge in [0.15, 0.2) is 17.1 Å². The van der Waals surface area contributed by atoms with Crippen LogP contribution in [0.3, 0.4) is 0 Å². The molecule has 1 aliphatic heterocycles. The van der Waals surface area contributed by atoms with E-state index < -0.39 is 11.5 Å². The summed E-state index contributed by atoms with van der Waals surface area (Å²) in [6, 6.07) is 4.11. The van der Waals surface area contributed by atoms with E-state index >= 15 is 0 Å². The SMILES string of the molecule is Cc1nc(NCC(C)(C)C)nc(NC23CCC(CO)C2OC(C)(C)O3)c1-c1cc2cc(C(C)(C)C)ncc2o1. The molecule has 0 bridgehead atoms. The number of hydrogen-bond acceptors (Lipinski definition) is 9. The third-order valence-electron chi connectivity index (χ3n) is 7.46. The number of aryl methyl sites for hydroxylation is 1. The molecule has 3 atom stereocenters. The molecule has 9 heteroatoms. The number of aliphatic hydroxyl groups excluding tert-OH is 1. The Balaban J connectivity index is 1.61. The second-order valence-electron chi connectivity index (χ2n) is 13.8. The van der Waals surface area contributed by atoms with Gasteiger partial charge in [-0.15, -0.1) is 0 Å². The minimum atomic E-state index is -0.833. The van der Waals surface area contributed by atoms with Gasteiger partial charge in [0, 0.05) is 35.6 Å². The molecule has 9 nitrogen and oxygen atoms in total. The lowest BCUT2D eigenvalue weighted by molar-refractivity contribution is -0.168. The molecule has 212 valence electrons. The summed E-state index contributed by atoms with van der Waals surface area (Å²) in [7, 11) is 0. The van der Waals surface area contributed by atoms with Gasteiger partial charge >= 0.3 is 0 Å². The summed E-state index contributed by atoms with van der Waals surface area (Å²) in [4.78, 5) is 14.4. The smallest absolute Gasteiger partial charge is 0.224 e. The Labute approximate surface area is 231 Å². The minimum Gasteiger partial charge on any atom is -0.454 e. The van der Waals surface area contributed by atoms with Crippen LogP contribution in [0.25, 0.3) is 22.3 Å². The molecule has 0 spiro atoms. The molecule has 2 fully saturated rings. The van der Waals surface area contributed by atoms with Gasteiger partial charge in [-0.2, -0.15) is 4.98 Å². The van der Waals surface area contributed by atoms with Crippen molar-refractivity contribution in [3.05, 3.63) is 29.7 Å². The molecule has 3 N–H and O–H groups in total. The summed E-state index contributed by atoms with van der Waals surface area (Å²) in [6.07, 6.45) is 2.93. The summed E-state index contributed by atoms with van der Waals surface area (Å²) >= 11 is 0. The number of furan rings is 1. The zero-order chi connectivity index (χ0) is 28.4. The van der Waals surface area contributed by atoms with Crippen molar-refractivity contribution in [2.24, 2.45) is 11.3 Å². The fourth-order valence-electron chi connectivity index (χ4n) is 5.55. The topological polar surface area (TPSA) is 115 Å². The van der Waals surface area contributed by atoms with E-state index in [9.17, 15) is 5.11 Å². The van der Waals surface area contributed by atoms with Gasteiger partial charge in [0.05, 0.1) is 17.5 Å². The van der Waals surface area contributed by atoms with E-state index in [2.05, 4.69) is 63.2 Å². The standard InChI is InChI=1S/C30H43N5O4/c1-17-23(20-12-19-13-22(28(5,6)7)31-14-21(19)37-20)25(34-26(33-17)32-16-27(2,3)4)35-30-11-10-18(15-36)24(30)38-29(8,9)39-30/h12-14,18,24,36H,10-11,15-16H2,1-9H3,(H2,32,33,34,35). The summed E-state index contributed by atoms with van der Waals surface area (Å²) < 4.78 is 19.2. The molecule has 0 aromatic carbocycles. The second kappa shape index (κ2) is 9.42. The van der Waals surface area contributed by atoms with Crippen LogP contribution in [0.1, 0.15) is 79.6 Å². The van der Waals surface area contributed by atoms with Crippen molar-refractivity contribution in [3.8, 4) is 11.3 Å². The minimum absolute atomic E-state index is 0.0303. The van der Waals surface area contributed by atoms with Crippen molar-refractivity contribution in [2.75, 3.05) is 23.8 Å². The molecule has 2 aliphatic rings. The summed E-state index contributed by atoms with van der Waals surface area (Å²) in [5.74, 6) is 0.964. The van der Waals surface area contributed by atoms with E-state index in [0.717, 1.165) is 28.8 Å². The van der Waals surface area contributed by atoms with Gasteiger partial charge in [-0.3, -0.25) is 4.98 Å². The fourth-order valence-corrected chi connectivity index (χ4v) is 5.55. The molecule has 5 rings (SSSR count). The largest absolute Gasteiger partial charge is 0.454 e. The van der Waals surface area contributed by atoms with Crippen molar-refractivity contribution in [1.29, 1.82) is 0 Å². The molecule has 0 amide bonds. The first-order valence-electron chi connectivity index (χ1n) is 13.9. The third kappa shape index (κ3) is 5.49. The van der Waals surface area contributed by atoms with Crippen LogP contribution in [0.4, 0.5) is 11.8 Å². The van der Waals surface area contributed by atoms with Crippen molar-refractivity contribution in [3.63, 3.8) is 0 Å². The number of rotatable bonds is 6. The normalized spacial score (nSPS) is 24.8. The van der Waals surface area contributed by atoms with Gasteiger partial charge in [-0.05, 0) is 51.2 Å². The molecule has 1 saturated carbocycles. The Bertz CT molecular complexity index is 1370. The van der Waals surface area contributed by atoms with Crippen LogP contribution in [-0.2, 0) is 14.9 Å². The van der Waals surface area contributed by atoms with Crippen LogP contribution in [0, 0.1) is 18.3 Å². The lowest BCUT2D eigenvalue weighted by Gasteiger charge is -2.31. The van der Waals surface area contributed by atoms with Crippen LogP contribution in [0.2, 0.25) is 0 Å². The van der Waals surface area contributed by atoms with Crippen molar-refractivity contribution >= 4 is 22.7 Å². The van der Waals surface area contributed by atoms with Crippen molar-refractivity contribution < 1.29 is 19.0 Å². The molecular weight excluding hydrogens is 494 g/mol. The predicted octanol–water partition coefficient (Wildman–Crippen LogP) is 6.01. The van der Waals surface area contributed by atoms with E-state index in [1.54, 1.807) is 6.20 Å².